The van der Waals surface area contributed by atoms with Crippen LogP contribution in [-0.2, 0) is 4.79 Å². The van der Waals surface area contributed by atoms with Crippen molar-refractivity contribution in [3.05, 3.63) is 41.9 Å². The van der Waals surface area contributed by atoms with Crippen molar-refractivity contribution in [3.63, 3.8) is 0 Å². The molecule has 1 aromatic heterocycles. The molecule has 2 atom stereocenters. The van der Waals surface area contributed by atoms with Crippen LogP contribution in [0.2, 0.25) is 0 Å². The molecule has 1 saturated heterocycles. The van der Waals surface area contributed by atoms with Crippen molar-refractivity contribution in [2.75, 3.05) is 27.9 Å². The minimum absolute atomic E-state index is 0.400. The molecule has 0 radical (unpaired) electrons. The Labute approximate surface area is 152 Å². The van der Waals surface area contributed by atoms with E-state index in [-0.39, 0.29) is 0 Å². The second-order valence-corrected chi connectivity index (χ2v) is 6.10. The minimum Gasteiger partial charge on any atom is -0.496 e. The molecule has 0 saturated carbocycles. The maximum absolute atomic E-state index is 11.7. The summed E-state index contributed by atoms with van der Waals surface area (Å²) in [5, 5.41) is 9.64. The van der Waals surface area contributed by atoms with E-state index < -0.39 is 18.1 Å². The van der Waals surface area contributed by atoms with Crippen LogP contribution in [0.1, 0.15) is 30.2 Å². The number of aliphatic carboxylic acids is 1. The number of carboxylic acid groups (broad SMARTS) is 1. The first-order chi connectivity index (χ1) is 12.6. The zero-order valence-electron chi connectivity index (χ0n) is 15.1. The van der Waals surface area contributed by atoms with E-state index in [1.807, 2.05) is 17.0 Å². The van der Waals surface area contributed by atoms with Gasteiger partial charge in [0.05, 0.1) is 33.6 Å². The van der Waals surface area contributed by atoms with Gasteiger partial charge in [-0.25, -0.2) is 0 Å². The van der Waals surface area contributed by atoms with Crippen molar-refractivity contribution < 1.29 is 28.5 Å². The molecule has 2 unspecified atom stereocenters. The molecule has 1 fully saturated rings. The maximum atomic E-state index is 11.7. The van der Waals surface area contributed by atoms with E-state index >= 15 is 0 Å². The number of likely N-dealkylation sites (tertiary alicyclic amines) is 1. The second-order valence-electron chi connectivity index (χ2n) is 6.10. The molecule has 140 valence electrons. The number of methoxy groups -OCH3 is 3. The van der Waals surface area contributed by atoms with Crippen LogP contribution in [0, 0.1) is 0 Å². The van der Waals surface area contributed by atoms with Gasteiger partial charge in [-0.2, -0.15) is 0 Å². The van der Waals surface area contributed by atoms with Gasteiger partial charge >= 0.3 is 5.97 Å². The molecule has 0 bridgehead atoms. The van der Waals surface area contributed by atoms with Gasteiger partial charge in [-0.15, -0.1) is 0 Å². The number of rotatable bonds is 7. The molecular weight excluding hydrogens is 338 g/mol. The third kappa shape index (κ3) is 3.22. The van der Waals surface area contributed by atoms with Gasteiger partial charge in [0.1, 0.15) is 17.6 Å². The summed E-state index contributed by atoms with van der Waals surface area (Å²) in [7, 11) is 4.69. The van der Waals surface area contributed by atoms with Crippen molar-refractivity contribution in [3.8, 4) is 17.2 Å². The Balaban J connectivity index is 2.15. The highest BCUT2D eigenvalue weighted by Gasteiger charge is 2.39. The van der Waals surface area contributed by atoms with Crippen LogP contribution in [0.3, 0.4) is 0 Å². The second kappa shape index (κ2) is 7.70. The molecule has 1 N–H and O–H groups in total. The van der Waals surface area contributed by atoms with Crippen LogP contribution in [0.4, 0.5) is 0 Å². The number of benzene rings is 1. The molecular formula is C19H23NO6. The molecule has 0 amide bonds. The highest BCUT2D eigenvalue weighted by molar-refractivity contribution is 5.74. The zero-order valence-corrected chi connectivity index (χ0v) is 15.1. The predicted octanol–water partition coefficient (Wildman–Crippen LogP) is 2.94. The van der Waals surface area contributed by atoms with E-state index in [1.165, 1.54) is 0 Å². The molecule has 2 aromatic rings. The molecule has 0 spiro atoms. The molecule has 1 aromatic carbocycles. The van der Waals surface area contributed by atoms with Crippen LogP contribution < -0.4 is 14.2 Å². The van der Waals surface area contributed by atoms with Crippen LogP contribution in [-0.4, -0.2) is 49.9 Å². The lowest BCUT2D eigenvalue weighted by atomic mass is 9.99. The summed E-state index contributed by atoms with van der Waals surface area (Å²) < 4.78 is 22.0. The van der Waals surface area contributed by atoms with E-state index in [0.29, 0.717) is 36.0 Å². The van der Waals surface area contributed by atoms with Gasteiger partial charge in [0.25, 0.3) is 0 Å². The SMILES string of the molecule is COc1cc(OC)c(C(c2ccco2)N2CCCC2C(=O)O)cc1OC. The van der Waals surface area contributed by atoms with Gasteiger partial charge in [-0.3, -0.25) is 9.69 Å². The number of hydrogen-bond donors (Lipinski definition) is 1. The number of hydrogen-bond acceptors (Lipinski definition) is 6. The van der Waals surface area contributed by atoms with Crippen LogP contribution in [0.25, 0.3) is 0 Å². The summed E-state index contributed by atoms with van der Waals surface area (Å²) in [6.45, 7) is 0.653. The fraction of sp³-hybridized carbons (Fsp3) is 0.421. The first-order valence-electron chi connectivity index (χ1n) is 8.42. The lowest BCUT2D eigenvalue weighted by molar-refractivity contribution is -0.142. The first kappa shape index (κ1) is 18.1. The molecule has 1 aliphatic rings. The third-order valence-electron chi connectivity index (χ3n) is 4.75. The van der Waals surface area contributed by atoms with Gasteiger partial charge in [-0.1, -0.05) is 0 Å². The lowest BCUT2D eigenvalue weighted by Gasteiger charge is -2.31. The molecule has 2 heterocycles. The number of ether oxygens (including phenoxy) is 3. The summed E-state index contributed by atoms with van der Waals surface area (Å²) in [5.41, 5.74) is 0.772. The van der Waals surface area contributed by atoms with Crippen molar-refractivity contribution in [2.45, 2.75) is 24.9 Å². The maximum Gasteiger partial charge on any atom is 0.320 e. The highest BCUT2D eigenvalue weighted by Crippen LogP contribution is 2.43. The Hall–Kier alpha value is -2.67. The van der Waals surface area contributed by atoms with E-state index in [9.17, 15) is 9.90 Å². The molecule has 7 nitrogen and oxygen atoms in total. The number of carbonyl (C=O) groups is 1. The van der Waals surface area contributed by atoms with Gasteiger partial charge in [-0.05, 0) is 31.0 Å². The van der Waals surface area contributed by atoms with E-state index in [2.05, 4.69) is 0 Å². The van der Waals surface area contributed by atoms with Gasteiger partial charge in [0.2, 0.25) is 0 Å². The summed E-state index contributed by atoms with van der Waals surface area (Å²) in [6, 6.07) is 6.23. The first-order valence-corrected chi connectivity index (χ1v) is 8.42. The predicted molar refractivity (Wildman–Crippen MR) is 94.0 cm³/mol. The molecule has 0 aliphatic carbocycles. The van der Waals surface area contributed by atoms with Crippen LogP contribution in [0.15, 0.2) is 34.9 Å². The Morgan fingerprint density at radius 2 is 1.88 bits per heavy atom. The topological polar surface area (TPSA) is 81.4 Å². The van der Waals surface area contributed by atoms with E-state index in [4.69, 9.17) is 18.6 Å². The summed E-state index contributed by atoms with van der Waals surface area (Å²) in [5.74, 6) is 1.50. The average Bonchev–Trinajstić information content (AvgIpc) is 3.34. The van der Waals surface area contributed by atoms with Gasteiger partial charge in [0.15, 0.2) is 11.5 Å². The highest BCUT2D eigenvalue weighted by atomic mass is 16.5. The van der Waals surface area contributed by atoms with Gasteiger partial charge < -0.3 is 23.7 Å². The lowest BCUT2D eigenvalue weighted by Crippen LogP contribution is -2.39. The fourth-order valence-electron chi connectivity index (χ4n) is 3.57. The quantitative estimate of drug-likeness (QED) is 0.812. The number of carboxylic acids is 1. The van der Waals surface area contributed by atoms with Crippen molar-refractivity contribution >= 4 is 5.97 Å². The van der Waals surface area contributed by atoms with E-state index in [0.717, 1.165) is 12.0 Å². The normalized spacial score (nSPS) is 18.5. The van der Waals surface area contributed by atoms with Crippen LogP contribution >= 0.6 is 0 Å². The van der Waals surface area contributed by atoms with Crippen LogP contribution in [0.5, 0.6) is 17.2 Å². The molecule has 1 aliphatic heterocycles. The smallest absolute Gasteiger partial charge is 0.320 e. The van der Waals surface area contributed by atoms with Crippen molar-refractivity contribution in [1.29, 1.82) is 0 Å². The van der Waals surface area contributed by atoms with Gasteiger partial charge in [0, 0.05) is 18.2 Å². The zero-order chi connectivity index (χ0) is 18.7. The van der Waals surface area contributed by atoms with Crippen molar-refractivity contribution in [1.82, 2.24) is 4.90 Å². The monoisotopic (exact) mass is 361 g/mol. The van der Waals surface area contributed by atoms with Crippen molar-refractivity contribution in [2.24, 2.45) is 0 Å². The molecule has 7 heteroatoms. The van der Waals surface area contributed by atoms with E-state index in [1.54, 1.807) is 39.7 Å². The number of furan rings is 1. The minimum atomic E-state index is -0.835. The Morgan fingerprint density at radius 1 is 1.19 bits per heavy atom. The fourth-order valence-corrected chi connectivity index (χ4v) is 3.57. The largest absolute Gasteiger partial charge is 0.496 e. The average molecular weight is 361 g/mol. The summed E-state index contributed by atoms with van der Waals surface area (Å²) >= 11 is 0. The Morgan fingerprint density at radius 3 is 2.46 bits per heavy atom. The summed E-state index contributed by atoms with van der Waals surface area (Å²) in [6.07, 6.45) is 2.99. The Kier molecular flexibility index (Phi) is 5.37. The molecule has 26 heavy (non-hydrogen) atoms. The molecule has 3 rings (SSSR count). The standard InChI is InChI=1S/C19H23NO6/c1-23-15-11-17(25-3)16(24-2)10-12(15)18(14-7-5-9-26-14)20-8-4-6-13(20)19(21)22/h5,7,9-11,13,18H,4,6,8H2,1-3H3,(H,21,22). The Bertz CT molecular complexity index is 758. The number of nitrogens with zero attached hydrogens (tertiary/aromatic N) is 1. The third-order valence-corrected chi connectivity index (χ3v) is 4.75. The summed E-state index contributed by atoms with van der Waals surface area (Å²) in [4.78, 5) is 13.7.